The van der Waals surface area contributed by atoms with Gasteiger partial charge in [-0.25, -0.2) is 9.59 Å². The van der Waals surface area contributed by atoms with Gasteiger partial charge in [0.15, 0.2) is 0 Å². The van der Waals surface area contributed by atoms with E-state index in [0.29, 0.717) is 6.61 Å². The van der Waals surface area contributed by atoms with Crippen molar-refractivity contribution in [1.82, 2.24) is 15.5 Å². The van der Waals surface area contributed by atoms with Gasteiger partial charge in [0.05, 0.1) is 6.61 Å². The lowest BCUT2D eigenvalue weighted by Crippen LogP contribution is -2.59. The fraction of sp³-hybridized carbons (Fsp3) is 0.870. The molecule has 4 amide bonds. The van der Waals surface area contributed by atoms with E-state index in [-0.39, 0.29) is 35.9 Å². The molecular weight excluding hydrogens is 382 g/mol. The SMILES string of the molecule is CC(C)COC(=O)N[C@@H](C(=O)N(C(=O)NC1CCCCC1)C1CCCCC1)C(C)C. The predicted molar refractivity (Wildman–Crippen MR) is 117 cm³/mol. The molecule has 0 aromatic rings. The number of urea groups is 1. The van der Waals surface area contributed by atoms with Crippen molar-refractivity contribution in [3.05, 3.63) is 0 Å². The van der Waals surface area contributed by atoms with Crippen LogP contribution >= 0.6 is 0 Å². The van der Waals surface area contributed by atoms with E-state index in [0.717, 1.165) is 57.8 Å². The van der Waals surface area contributed by atoms with E-state index >= 15 is 0 Å². The highest BCUT2D eigenvalue weighted by Gasteiger charge is 2.38. The Morgan fingerprint density at radius 3 is 2.00 bits per heavy atom. The lowest BCUT2D eigenvalue weighted by atomic mass is 9.92. The van der Waals surface area contributed by atoms with Crippen LogP contribution in [0, 0.1) is 11.8 Å². The molecule has 172 valence electrons. The van der Waals surface area contributed by atoms with Crippen LogP contribution < -0.4 is 10.6 Å². The van der Waals surface area contributed by atoms with Crippen LogP contribution in [0.1, 0.15) is 91.9 Å². The summed E-state index contributed by atoms with van der Waals surface area (Å²) in [4.78, 5) is 40.4. The van der Waals surface area contributed by atoms with Gasteiger partial charge in [-0.2, -0.15) is 0 Å². The molecule has 0 aromatic carbocycles. The summed E-state index contributed by atoms with van der Waals surface area (Å²) in [5.74, 6) is -0.270. The summed E-state index contributed by atoms with van der Waals surface area (Å²) < 4.78 is 5.22. The fourth-order valence-electron chi connectivity index (χ4n) is 4.35. The third kappa shape index (κ3) is 7.47. The van der Waals surface area contributed by atoms with Gasteiger partial charge < -0.3 is 15.4 Å². The van der Waals surface area contributed by atoms with Crippen LogP contribution in [-0.4, -0.2) is 47.7 Å². The molecule has 30 heavy (non-hydrogen) atoms. The van der Waals surface area contributed by atoms with Crippen molar-refractivity contribution in [3.63, 3.8) is 0 Å². The van der Waals surface area contributed by atoms with E-state index in [1.165, 1.54) is 11.3 Å². The zero-order valence-electron chi connectivity index (χ0n) is 19.2. The standard InChI is InChI=1S/C23H41N3O4/c1-16(2)15-30-23(29)25-20(17(3)4)21(27)26(19-13-9-6-10-14-19)22(28)24-18-11-7-5-8-12-18/h16-20H,5-15H2,1-4H3,(H,24,28)(H,25,29)/t20-/m1/s1. The number of hydrogen-bond donors (Lipinski definition) is 2. The van der Waals surface area contributed by atoms with Crippen molar-refractivity contribution >= 4 is 18.0 Å². The first-order valence-electron chi connectivity index (χ1n) is 11.9. The van der Waals surface area contributed by atoms with Gasteiger partial charge in [-0.15, -0.1) is 0 Å². The van der Waals surface area contributed by atoms with E-state index in [4.69, 9.17) is 4.74 Å². The van der Waals surface area contributed by atoms with Gasteiger partial charge in [-0.05, 0) is 37.5 Å². The van der Waals surface area contributed by atoms with Crippen LogP contribution in [0.15, 0.2) is 0 Å². The van der Waals surface area contributed by atoms with Crippen LogP contribution in [0.3, 0.4) is 0 Å². The highest BCUT2D eigenvalue weighted by atomic mass is 16.5. The molecule has 0 aromatic heterocycles. The Bertz CT molecular complexity index is 567. The minimum absolute atomic E-state index is 0.107. The molecule has 2 rings (SSSR count). The second-order valence-electron chi connectivity index (χ2n) is 9.64. The molecule has 0 radical (unpaired) electrons. The normalized spacial score (nSPS) is 19.4. The molecule has 0 spiro atoms. The predicted octanol–water partition coefficient (Wildman–Crippen LogP) is 4.60. The highest BCUT2D eigenvalue weighted by Crippen LogP contribution is 2.25. The fourth-order valence-corrected chi connectivity index (χ4v) is 4.35. The van der Waals surface area contributed by atoms with Gasteiger partial charge in [-0.3, -0.25) is 9.69 Å². The van der Waals surface area contributed by atoms with Crippen molar-refractivity contribution in [2.45, 2.75) is 110 Å². The maximum atomic E-state index is 13.5. The van der Waals surface area contributed by atoms with Crippen molar-refractivity contribution in [3.8, 4) is 0 Å². The smallest absolute Gasteiger partial charge is 0.407 e. The van der Waals surface area contributed by atoms with Gasteiger partial charge in [0.25, 0.3) is 5.91 Å². The van der Waals surface area contributed by atoms with Gasteiger partial charge in [0.1, 0.15) is 6.04 Å². The van der Waals surface area contributed by atoms with Crippen LogP contribution in [-0.2, 0) is 9.53 Å². The number of hydrogen-bond acceptors (Lipinski definition) is 4. The van der Waals surface area contributed by atoms with E-state index in [1.807, 2.05) is 27.7 Å². The number of alkyl carbamates (subject to hydrolysis) is 1. The number of nitrogens with zero attached hydrogens (tertiary/aromatic N) is 1. The van der Waals surface area contributed by atoms with Crippen molar-refractivity contribution in [2.24, 2.45) is 11.8 Å². The number of nitrogens with one attached hydrogen (secondary N) is 2. The maximum absolute atomic E-state index is 13.5. The summed E-state index contributed by atoms with van der Waals surface area (Å²) in [5.41, 5.74) is 0. The number of ether oxygens (including phenoxy) is 1. The molecule has 0 bridgehead atoms. The molecule has 2 aliphatic rings. The zero-order chi connectivity index (χ0) is 22.1. The topological polar surface area (TPSA) is 87.7 Å². The number of carbonyl (C=O) groups excluding carboxylic acids is 3. The molecule has 2 saturated carbocycles. The maximum Gasteiger partial charge on any atom is 0.407 e. The average Bonchev–Trinajstić information content (AvgIpc) is 2.71. The molecule has 2 aliphatic carbocycles. The Hall–Kier alpha value is -1.79. The second kappa shape index (κ2) is 12.2. The molecule has 1 atom stereocenters. The number of amides is 4. The van der Waals surface area contributed by atoms with E-state index in [2.05, 4.69) is 10.6 Å². The third-order valence-corrected chi connectivity index (χ3v) is 6.08. The minimum atomic E-state index is -0.788. The third-order valence-electron chi connectivity index (χ3n) is 6.08. The summed E-state index contributed by atoms with van der Waals surface area (Å²) in [5, 5.41) is 5.82. The van der Waals surface area contributed by atoms with Crippen molar-refractivity contribution in [1.29, 1.82) is 0 Å². The molecular formula is C23H41N3O4. The molecule has 0 saturated heterocycles. The van der Waals surface area contributed by atoms with Crippen LogP contribution in [0.5, 0.6) is 0 Å². The van der Waals surface area contributed by atoms with Gasteiger partial charge in [-0.1, -0.05) is 66.2 Å². The van der Waals surface area contributed by atoms with Gasteiger partial charge in [0, 0.05) is 12.1 Å². The highest BCUT2D eigenvalue weighted by molar-refractivity contribution is 5.99. The van der Waals surface area contributed by atoms with E-state index in [1.54, 1.807) is 0 Å². The average molecular weight is 424 g/mol. The lowest BCUT2D eigenvalue weighted by molar-refractivity contribution is -0.133. The van der Waals surface area contributed by atoms with E-state index < -0.39 is 12.1 Å². The first-order valence-corrected chi connectivity index (χ1v) is 11.9. The monoisotopic (exact) mass is 423 g/mol. The Balaban J connectivity index is 2.13. The lowest BCUT2D eigenvalue weighted by Gasteiger charge is -2.37. The van der Waals surface area contributed by atoms with Crippen molar-refractivity contribution < 1.29 is 19.1 Å². The summed E-state index contributed by atoms with van der Waals surface area (Å²) >= 11 is 0. The van der Waals surface area contributed by atoms with Crippen molar-refractivity contribution in [2.75, 3.05) is 6.61 Å². The zero-order valence-corrected chi connectivity index (χ0v) is 19.2. The van der Waals surface area contributed by atoms with Crippen LogP contribution in [0.2, 0.25) is 0 Å². The number of imide groups is 1. The summed E-state index contributed by atoms with van der Waals surface area (Å²) in [6, 6.07) is -1.07. The Labute approximate surface area is 181 Å². The largest absolute Gasteiger partial charge is 0.449 e. The second-order valence-corrected chi connectivity index (χ2v) is 9.64. The first-order chi connectivity index (χ1) is 14.3. The minimum Gasteiger partial charge on any atom is -0.449 e. The summed E-state index contributed by atoms with van der Waals surface area (Å²) in [6.45, 7) is 7.96. The number of carbonyl (C=O) groups is 3. The molecule has 7 heteroatoms. The summed E-state index contributed by atoms with van der Waals surface area (Å²) in [7, 11) is 0. The molecule has 7 nitrogen and oxygen atoms in total. The van der Waals surface area contributed by atoms with Crippen LogP contribution in [0.4, 0.5) is 9.59 Å². The molecule has 2 fully saturated rings. The Morgan fingerprint density at radius 1 is 0.900 bits per heavy atom. The molecule has 2 N–H and O–H groups in total. The number of rotatable bonds is 7. The Kier molecular flexibility index (Phi) is 9.92. The molecule has 0 aliphatic heterocycles. The van der Waals surface area contributed by atoms with Crippen LogP contribution in [0.25, 0.3) is 0 Å². The van der Waals surface area contributed by atoms with Gasteiger partial charge in [0.2, 0.25) is 0 Å². The van der Waals surface area contributed by atoms with E-state index in [9.17, 15) is 14.4 Å². The molecule has 0 heterocycles. The first kappa shape index (κ1) is 24.5. The summed E-state index contributed by atoms with van der Waals surface area (Å²) in [6.07, 6.45) is 9.57. The van der Waals surface area contributed by atoms with Gasteiger partial charge >= 0.3 is 12.1 Å². The molecule has 0 unspecified atom stereocenters. The Morgan fingerprint density at radius 2 is 1.47 bits per heavy atom. The quantitative estimate of drug-likeness (QED) is 0.626.